The molecule has 0 saturated carbocycles. The molecule has 4 aromatic carbocycles. The van der Waals surface area contributed by atoms with Crippen LogP contribution < -0.4 is 4.74 Å². The van der Waals surface area contributed by atoms with Crippen molar-refractivity contribution in [2.45, 2.75) is 19.6 Å². The van der Waals surface area contributed by atoms with Gasteiger partial charge in [0, 0.05) is 17.3 Å². The molecule has 6 rings (SSSR count). The maximum Gasteiger partial charge on any atom is 0.266 e. The lowest BCUT2D eigenvalue weighted by molar-refractivity contribution is -0.123. The highest BCUT2D eigenvalue weighted by Gasteiger charge is 2.36. The van der Waals surface area contributed by atoms with Crippen LogP contribution >= 0.6 is 24.0 Å². The third kappa shape index (κ3) is 5.87. The van der Waals surface area contributed by atoms with Gasteiger partial charge in [-0.25, -0.2) is 4.68 Å². The SMILES string of the molecule is C[C@H](c1ccccc1)N1C(=O)/C(=C/c2cn(-c3ccccc3)nc2-c2ccc(OCc3ccccc3)cc2)SC1=S. The van der Waals surface area contributed by atoms with Crippen LogP contribution in [0.1, 0.15) is 29.7 Å². The topological polar surface area (TPSA) is 47.4 Å². The average Bonchev–Trinajstić information content (AvgIpc) is 3.57. The van der Waals surface area contributed by atoms with Gasteiger partial charge in [0.05, 0.1) is 22.3 Å². The molecular formula is C34H27N3O2S2. The fourth-order valence-corrected chi connectivity index (χ4v) is 6.13. The van der Waals surface area contributed by atoms with Crippen molar-refractivity contribution in [3.63, 3.8) is 0 Å². The Balaban J connectivity index is 1.31. The molecule has 2 heterocycles. The fourth-order valence-electron chi connectivity index (χ4n) is 4.72. The zero-order valence-electron chi connectivity index (χ0n) is 22.4. The molecule has 0 bridgehead atoms. The summed E-state index contributed by atoms with van der Waals surface area (Å²) < 4.78 is 8.38. The second-order valence-corrected chi connectivity index (χ2v) is 11.3. The summed E-state index contributed by atoms with van der Waals surface area (Å²) >= 11 is 6.99. The van der Waals surface area contributed by atoms with Crippen LogP contribution in [0.2, 0.25) is 0 Å². The summed E-state index contributed by atoms with van der Waals surface area (Å²) in [6, 6.07) is 37.7. The summed E-state index contributed by atoms with van der Waals surface area (Å²) in [6.07, 6.45) is 3.86. The Bertz CT molecular complexity index is 1700. The summed E-state index contributed by atoms with van der Waals surface area (Å²) in [5.74, 6) is 0.678. The van der Waals surface area contributed by atoms with Gasteiger partial charge in [-0.1, -0.05) is 103 Å². The van der Waals surface area contributed by atoms with E-state index in [-0.39, 0.29) is 11.9 Å². The third-order valence-corrected chi connectivity index (χ3v) is 8.25. The van der Waals surface area contributed by atoms with Gasteiger partial charge in [-0.2, -0.15) is 5.10 Å². The number of thioether (sulfide) groups is 1. The van der Waals surface area contributed by atoms with Crippen molar-refractivity contribution in [1.29, 1.82) is 0 Å². The normalized spacial score (nSPS) is 15.0. The summed E-state index contributed by atoms with van der Waals surface area (Å²) in [5, 5.41) is 4.93. The van der Waals surface area contributed by atoms with E-state index in [1.807, 2.05) is 139 Å². The molecule has 1 aliphatic rings. The lowest BCUT2D eigenvalue weighted by atomic mass is 10.1. The van der Waals surface area contributed by atoms with Crippen molar-refractivity contribution >= 4 is 40.3 Å². The molecule has 0 unspecified atom stereocenters. The van der Waals surface area contributed by atoms with E-state index in [1.165, 1.54) is 11.8 Å². The second-order valence-electron chi connectivity index (χ2n) is 9.65. The molecule has 202 valence electrons. The molecule has 41 heavy (non-hydrogen) atoms. The Labute approximate surface area is 249 Å². The van der Waals surface area contributed by atoms with Crippen LogP contribution in [-0.2, 0) is 11.4 Å². The van der Waals surface area contributed by atoms with Crippen LogP contribution in [0.5, 0.6) is 5.75 Å². The van der Waals surface area contributed by atoms with Gasteiger partial charge in [0.25, 0.3) is 5.91 Å². The molecule has 0 spiro atoms. The molecule has 0 aliphatic carbocycles. The predicted molar refractivity (Wildman–Crippen MR) is 170 cm³/mol. The number of benzene rings is 4. The van der Waals surface area contributed by atoms with E-state index in [0.717, 1.165) is 39.4 Å². The summed E-state index contributed by atoms with van der Waals surface area (Å²) in [5.41, 5.74) is 5.61. The number of hydrogen-bond acceptors (Lipinski definition) is 5. The first-order valence-electron chi connectivity index (χ1n) is 13.3. The minimum Gasteiger partial charge on any atom is -0.489 e. The van der Waals surface area contributed by atoms with Crippen LogP contribution in [0.4, 0.5) is 0 Å². The van der Waals surface area contributed by atoms with Gasteiger partial charge in [0.2, 0.25) is 0 Å². The number of ether oxygens (including phenoxy) is 1. The molecule has 1 saturated heterocycles. The number of para-hydroxylation sites is 1. The smallest absolute Gasteiger partial charge is 0.266 e. The van der Waals surface area contributed by atoms with E-state index in [1.54, 1.807) is 4.90 Å². The van der Waals surface area contributed by atoms with Crippen LogP contribution in [0.25, 0.3) is 23.0 Å². The van der Waals surface area contributed by atoms with Crippen LogP contribution in [0.15, 0.2) is 126 Å². The van der Waals surface area contributed by atoms with Gasteiger partial charge in [-0.15, -0.1) is 0 Å². The Hall–Kier alpha value is -4.46. The lowest BCUT2D eigenvalue weighted by Gasteiger charge is -2.23. The maximum absolute atomic E-state index is 13.6. The van der Waals surface area contributed by atoms with Crippen molar-refractivity contribution < 1.29 is 9.53 Å². The highest BCUT2D eigenvalue weighted by atomic mass is 32.2. The van der Waals surface area contributed by atoms with Crippen molar-refractivity contribution in [1.82, 2.24) is 14.7 Å². The molecule has 1 aromatic heterocycles. The van der Waals surface area contributed by atoms with Gasteiger partial charge in [-0.05, 0) is 60.5 Å². The van der Waals surface area contributed by atoms with E-state index in [4.69, 9.17) is 22.1 Å². The molecule has 5 aromatic rings. The first kappa shape index (κ1) is 26.7. The quantitative estimate of drug-likeness (QED) is 0.139. The van der Waals surface area contributed by atoms with Gasteiger partial charge < -0.3 is 4.74 Å². The number of nitrogens with zero attached hydrogens (tertiary/aromatic N) is 3. The van der Waals surface area contributed by atoms with Crippen molar-refractivity contribution in [3.8, 4) is 22.7 Å². The molecular weight excluding hydrogens is 547 g/mol. The molecule has 1 amide bonds. The Kier molecular flexibility index (Phi) is 7.80. The summed E-state index contributed by atoms with van der Waals surface area (Å²) in [7, 11) is 0. The fraction of sp³-hybridized carbons (Fsp3) is 0.0882. The second kappa shape index (κ2) is 12.0. The van der Waals surface area contributed by atoms with Gasteiger partial charge >= 0.3 is 0 Å². The molecule has 1 fully saturated rings. The largest absolute Gasteiger partial charge is 0.489 e. The maximum atomic E-state index is 13.6. The lowest BCUT2D eigenvalue weighted by Crippen LogP contribution is -2.30. The third-order valence-electron chi connectivity index (χ3n) is 6.92. The molecule has 0 N–H and O–H groups in total. The number of hydrogen-bond donors (Lipinski definition) is 0. The number of carbonyl (C=O) groups excluding carboxylic acids is 1. The van der Waals surface area contributed by atoms with Crippen LogP contribution in [-0.4, -0.2) is 24.9 Å². The zero-order valence-corrected chi connectivity index (χ0v) is 24.0. The monoisotopic (exact) mass is 573 g/mol. The first-order valence-corrected chi connectivity index (χ1v) is 14.5. The highest BCUT2D eigenvalue weighted by Crippen LogP contribution is 2.39. The van der Waals surface area contributed by atoms with Crippen molar-refractivity contribution in [3.05, 3.63) is 143 Å². The van der Waals surface area contributed by atoms with E-state index in [2.05, 4.69) is 0 Å². The highest BCUT2D eigenvalue weighted by molar-refractivity contribution is 8.26. The standard InChI is InChI=1S/C34H27N3O2S2/c1-24(26-13-7-3-8-14-26)37-33(38)31(41-34(37)40)21-28-22-36(29-15-9-4-10-16-29)35-32(28)27-17-19-30(20-18-27)39-23-25-11-5-2-6-12-25/h2-22,24H,23H2,1H3/b31-21-/t24-/m1/s1. The molecule has 1 atom stereocenters. The van der Waals surface area contributed by atoms with E-state index < -0.39 is 0 Å². The average molecular weight is 574 g/mol. The number of thiocarbonyl (C=S) groups is 1. The minimum absolute atomic E-state index is 0.0978. The van der Waals surface area contributed by atoms with Crippen LogP contribution in [0, 0.1) is 0 Å². The Morgan fingerprint density at radius 3 is 2.20 bits per heavy atom. The summed E-state index contributed by atoms with van der Waals surface area (Å²) in [4.78, 5) is 15.9. The van der Waals surface area contributed by atoms with E-state index >= 15 is 0 Å². The van der Waals surface area contributed by atoms with E-state index in [0.29, 0.717) is 15.8 Å². The minimum atomic E-state index is -0.162. The number of rotatable bonds is 8. The number of carbonyl (C=O) groups is 1. The van der Waals surface area contributed by atoms with Gasteiger partial charge in [0.1, 0.15) is 16.7 Å². The van der Waals surface area contributed by atoms with Gasteiger partial charge in [-0.3, -0.25) is 9.69 Å². The number of aromatic nitrogens is 2. The van der Waals surface area contributed by atoms with Crippen LogP contribution in [0.3, 0.4) is 0 Å². The molecule has 0 radical (unpaired) electrons. The Morgan fingerprint density at radius 2 is 1.51 bits per heavy atom. The van der Waals surface area contributed by atoms with Crippen molar-refractivity contribution in [2.75, 3.05) is 0 Å². The molecule has 7 heteroatoms. The molecule has 5 nitrogen and oxygen atoms in total. The van der Waals surface area contributed by atoms with Crippen molar-refractivity contribution in [2.24, 2.45) is 0 Å². The van der Waals surface area contributed by atoms with E-state index in [9.17, 15) is 4.79 Å². The zero-order chi connectivity index (χ0) is 28.2. The Morgan fingerprint density at radius 1 is 0.878 bits per heavy atom. The predicted octanol–water partition coefficient (Wildman–Crippen LogP) is 8.08. The van der Waals surface area contributed by atoms with Gasteiger partial charge in [0.15, 0.2) is 0 Å². The molecule has 1 aliphatic heterocycles. The summed E-state index contributed by atoms with van der Waals surface area (Å²) in [6.45, 7) is 2.50. The number of amides is 1. The first-order chi connectivity index (χ1) is 20.1.